The van der Waals surface area contributed by atoms with Gasteiger partial charge < -0.3 is 5.32 Å². The van der Waals surface area contributed by atoms with Gasteiger partial charge in [0.1, 0.15) is 6.04 Å². The minimum absolute atomic E-state index is 0.00767. The lowest BCUT2D eigenvalue weighted by atomic mass is 10.0. The molecule has 4 heteroatoms. The summed E-state index contributed by atoms with van der Waals surface area (Å²) >= 11 is 0. The van der Waals surface area contributed by atoms with Crippen LogP contribution in [0.3, 0.4) is 0 Å². The van der Waals surface area contributed by atoms with Crippen LogP contribution in [0.1, 0.15) is 37.1 Å². The Labute approximate surface area is 113 Å². The van der Waals surface area contributed by atoms with Crippen molar-refractivity contribution in [1.82, 2.24) is 15.1 Å². The summed E-state index contributed by atoms with van der Waals surface area (Å²) in [7, 11) is 0. The Kier molecular flexibility index (Phi) is 4.00. The van der Waals surface area contributed by atoms with E-state index in [1.54, 1.807) is 17.1 Å². The predicted octanol–water partition coefficient (Wildman–Crippen LogP) is 2.63. The van der Waals surface area contributed by atoms with Gasteiger partial charge in [0, 0.05) is 12.4 Å². The fraction of sp³-hybridized carbons (Fsp3) is 0.333. The molecule has 0 bridgehead atoms. The van der Waals surface area contributed by atoms with Crippen molar-refractivity contribution in [1.29, 1.82) is 0 Å². The Morgan fingerprint density at radius 2 is 2.00 bits per heavy atom. The average Bonchev–Trinajstić information content (AvgIpc) is 2.92. The van der Waals surface area contributed by atoms with E-state index in [0.29, 0.717) is 0 Å². The largest absolute Gasteiger partial charge is 0.348 e. The van der Waals surface area contributed by atoms with E-state index in [0.717, 1.165) is 5.56 Å². The minimum atomic E-state index is -0.304. The standard InChI is InChI=1S/C15H19N3O/c1-11-7-4-5-8-14(11)12(2)17-15(19)13(3)18-10-6-9-16-18/h4-10,12-13H,1-3H3,(H,17,19). The average molecular weight is 257 g/mol. The van der Waals surface area contributed by atoms with Gasteiger partial charge in [-0.25, -0.2) is 0 Å². The summed E-state index contributed by atoms with van der Waals surface area (Å²) in [6, 6.07) is 9.58. The smallest absolute Gasteiger partial charge is 0.245 e. The van der Waals surface area contributed by atoms with Crippen molar-refractivity contribution in [3.05, 3.63) is 53.9 Å². The van der Waals surface area contributed by atoms with Crippen LogP contribution in [-0.2, 0) is 4.79 Å². The third-order valence-corrected chi connectivity index (χ3v) is 3.31. The number of aryl methyl sites for hydroxylation is 1. The Morgan fingerprint density at radius 3 is 2.63 bits per heavy atom. The normalized spacial score (nSPS) is 13.8. The van der Waals surface area contributed by atoms with Gasteiger partial charge in [-0.05, 0) is 38.0 Å². The number of hydrogen-bond donors (Lipinski definition) is 1. The maximum atomic E-state index is 12.2. The third kappa shape index (κ3) is 3.02. The first-order valence-electron chi connectivity index (χ1n) is 6.44. The number of nitrogens with one attached hydrogen (secondary N) is 1. The van der Waals surface area contributed by atoms with Gasteiger partial charge in [0.05, 0.1) is 6.04 Å². The van der Waals surface area contributed by atoms with Gasteiger partial charge in [-0.15, -0.1) is 0 Å². The molecule has 1 aromatic carbocycles. The summed E-state index contributed by atoms with van der Waals surface area (Å²) in [6.45, 7) is 5.89. The summed E-state index contributed by atoms with van der Waals surface area (Å²) < 4.78 is 1.65. The molecule has 0 radical (unpaired) electrons. The summed E-state index contributed by atoms with van der Waals surface area (Å²) in [4.78, 5) is 12.2. The molecule has 100 valence electrons. The molecule has 0 fully saturated rings. The molecular formula is C15H19N3O. The number of hydrogen-bond acceptors (Lipinski definition) is 2. The highest BCUT2D eigenvalue weighted by atomic mass is 16.2. The van der Waals surface area contributed by atoms with E-state index in [4.69, 9.17) is 0 Å². The molecule has 4 nitrogen and oxygen atoms in total. The third-order valence-electron chi connectivity index (χ3n) is 3.31. The molecule has 0 saturated carbocycles. The molecule has 0 aliphatic heterocycles. The molecule has 2 rings (SSSR count). The highest BCUT2D eigenvalue weighted by Crippen LogP contribution is 2.17. The Balaban J connectivity index is 2.05. The Morgan fingerprint density at radius 1 is 1.26 bits per heavy atom. The van der Waals surface area contributed by atoms with Gasteiger partial charge >= 0.3 is 0 Å². The number of aromatic nitrogens is 2. The molecule has 0 aliphatic carbocycles. The van der Waals surface area contributed by atoms with Crippen LogP contribution in [0, 0.1) is 6.92 Å². The second-order valence-corrected chi connectivity index (χ2v) is 4.75. The number of carbonyl (C=O) groups is 1. The summed E-state index contributed by atoms with van der Waals surface area (Å²) in [5, 5.41) is 7.12. The molecule has 2 unspecified atom stereocenters. The van der Waals surface area contributed by atoms with Gasteiger partial charge in [0.15, 0.2) is 0 Å². The fourth-order valence-corrected chi connectivity index (χ4v) is 2.11. The lowest BCUT2D eigenvalue weighted by Crippen LogP contribution is -2.33. The maximum absolute atomic E-state index is 12.2. The lowest BCUT2D eigenvalue weighted by molar-refractivity contribution is -0.124. The van der Waals surface area contributed by atoms with Crippen molar-refractivity contribution in [2.24, 2.45) is 0 Å². The molecular weight excluding hydrogens is 238 g/mol. The van der Waals surface area contributed by atoms with Crippen molar-refractivity contribution in [2.75, 3.05) is 0 Å². The van der Waals surface area contributed by atoms with Crippen LogP contribution in [0.5, 0.6) is 0 Å². The second kappa shape index (κ2) is 5.69. The van der Waals surface area contributed by atoms with Crippen molar-refractivity contribution in [2.45, 2.75) is 32.9 Å². The molecule has 2 atom stereocenters. The Hall–Kier alpha value is -2.10. The van der Waals surface area contributed by atoms with E-state index in [-0.39, 0.29) is 18.0 Å². The monoisotopic (exact) mass is 257 g/mol. The number of benzene rings is 1. The predicted molar refractivity (Wildman–Crippen MR) is 74.7 cm³/mol. The van der Waals surface area contributed by atoms with Crippen molar-refractivity contribution < 1.29 is 4.79 Å². The Bertz CT molecular complexity index is 548. The fourth-order valence-electron chi connectivity index (χ4n) is 2.11. The molecule has 2 aromatic rings. The zero-order chi connectivity index (χ0) is 13.8. The molecule has 1 heterocycles. The summed E-state index contributed by atoms with van der Waals surface area (Å²) in [6.07, 6.45) is 3.47. The van der Waals surface area contributed by atoms with Gasteiger partial charge in [-0.3, -0.25) is 9.48 Å². The molecule has 0 aliphatic rings. The van der Waals surface area contributed by atoms with Crippen LogP contribution in [0.4, 0.5) is 0 Å². The first kappa shape index (κ1) is 13.3. The van der Waals surface area contributed by atoms with Crippen LogP contribution in [0.2, 0.25) is 0 Å². The summed E-state index contributed by atoms with van der Waals surface area (Å²) in [5.41, 5.74) is 2.32. The van der Waals surface area contributed by atoms with Crippen molar-refractivity contribution in [3.8, 4) is 0 Å². The van der Waals surface area contributed by atoms with E-state index in [1.165, 1.54) is 5.56 Å². The second-order valence-electron chi connectivity index (χ2n) is 4.75. The van der Waals surface area contributed by atoms with Gasteiger partial charge in [0.25, 0.3) is 0 Å². The first-order valence-corrected chi connectivity index (χ1v) is 6.44. The van der Waals surface area contributed by atoms with E-state index in [9.17, 15) is 4.79 Å². The van der Waals surface area contributed by atoms with E-state index >= 15 is 0 Å². The number of nitrogens with zero attached hydrogens (tertiary/aromatic N) is 2. The molecule has 0 spiro atoms. The van der Waals surface area contributed by atoms with Gasteiger partial charge in [-0.1, -0.05) is 24.3 Å². The van der Waals surface area contributed by atoms with Crippen LogP contribution in [0.15, 0.2) is 42.7 Å². The molecule has 19 heavy (non-hydrogen) atoms. The van der Waals surface area contributed by atoms with E-state index in [2.05, 4.69) is 23.4 Å². The highest BCUT2D eigenvalue weighted by Gasteiger charge is 2.18. The van der Waals surface area contributed by atoms with Crippen LogP contribution in [0.25, 0.3) is 0 Å². The number of rotatable bonds is 4. The number of carbonyl (C=O) groups excluding carboxylic acids is 1. The quantitative estimate of drug-likeness (QED) is 0.915. The lowest BCUT2D eigenvalue weighted by Gasteiger charge is -2.19. The summed E-state index contributed by atoms with van der Waals surface area (Å²) in [5.74, 6) is -0.0283. The van der Waals surface area contributed by atoms with Crippen LogP contribution < -0.4 is 5.32 Å². The maximum Gasteiger partial charge on any atom is 0.245 e. The van der Waals surface area contributed by atoms with Crippen molar-refractivity contribution in [3.63, 3.8) is 0 Å². The van der Waals surface area contributed by atoms with E-state index in [1.807, 2.05) is 38.1 Å². The SMILES string of the molecule is Cc1ccccc1C(C)NC(=O)C(C)n1cccn1. The zero-order valence-corrected chi connectivity index (χ0v) is 11.5. The first-order chi connectivity index (χ1) is 9.09. The molecule has 1 amide bonds. The van der Waals surface area contributed by atoms with Gasteiger partial charge in [-0.2, -0.15) is 5.10 Å². The topological polar surface area (TPSA) is 46.9 Å². The zero-order valence-electron chi connectivity index (χ0n) is 11.5. The van der Waals surface area contributed by atoms with Crippen LogP contribution >= 0.6 is 0 Å². The van der Waals surface area contributed by atoms with Crippen LogP contribution in [-0.4, -0.2) is 15.7 Å². The highest BCUT2D eigenvalue weighted by molar-refractivity contribution is 5.80. The van der Waals surface area contributed by atoms with E-state index < -0.39 is 0 Å². The minimum Gasteiger partial charge on any atom is -0.348 e. The van der Waals surface area contributed by atoms with Gasteiger partial charge in [0.2, 0.25) is 5.91 Å². The molecule has 0 saturated heterocycles. The molecule has 1 N–H and O–H groups in total. The molecule has 1 aromatic heterocycles. The van der Waals surface area contributed by atoms with Crippen molar-refractivity contribution >= 4 is 5.91 Å². The number of amides is 1.